The Morgan fingerprint density at radius 1 is 0.917 bits per heavy atom. The normalized spacial score (nSPS) is 17.5. The molecule has 1 amide bonds. The van der Waals surface area contributed by atoms with E-state index < -0.39 is 55.0 Å². The van der Waals surface area contributed by atoms with Crippen LogP contribution in [0.25, 0.3) is 10.8 Å². The van der Waals surface area contributed by atoms with Gasteiger partial charge >= 0.3 is 18.1 Å². The highest BCUT2D eigenvalue weighted by Gasteiger charge is 2.58. The van der Waals surface area contributed by atoms with E-state index in [1.54, 1.807) is 12.1 Å². The highest BCUT2D eigenvalue weighted by molar-refractivity contribution is 9.10. The average molecular weight is 763 g/mol. The maximum atomic E-state index is 16.5. The number of carbonyl (C=O) groups excluding carboxylic acids is 2. The van der Waals surface area contributed by atoms with E-state index in [0.29, 0.717) is 15.6 Å². The van der Waals surface area contributed by atoms with Crippen LogP contribution in [0.15, 0.2) is 70.0 Å². The first kappa shape index (κ1) is 36.0. The topological polar surface area (TPSA) is 119 Å². The fraction of sp³-hybridized carbons (Fsp3) is 0.438. The van der Waals surface area contributed by atoms with E-state index in [0.717, 1.165) is 54.8 Å². The van der Waals surface area contributed by atoms with Gasteiger partial charge in [-0.3, -0.25) is 4.79 Å². The summed E-state index contributed by atoms with van der Waals surface area (Å²) in [6.07, 6.45) is -1.36. The summed E-state index contributed by atoms with van der Waals surface area (Å²) in [6.45, 7) is -0.00765. The molecule has 1 heterocycles. The van der Waals surface area contributed by atoms with Crippen LogP contribution in [0.4, 0.5) is 22.0 Å². The summed E-state index contributed by atoms with van der Waals surface area (Å²) in [6, 6.07) is 8.93. The smallest absolute Gasteiger partial charge is 0.490 e. The molecule has 9 nitrogen and oxygen atoms in total. The van der Waals surface area contributed by atoms with Crippen molar-refractivity contribution in [2.24, 2.45) is 11.7 Å². The Morgan fingerprint density at radius 3 is 2.12 bits per heavy atom. The Kier molecular flexibility index (Phi) is 10.7. The van der Waals surface area contributed by atoms with Crippen molar-refractivity contribution < 1.29 is 49.5 Å². The molecule has 2 fully saturated rings. The number of alkyl halides is 5. The third-order valence-electron chi connectivity index (χ3n) is 8.60. The van der Waals surface area contributed by atoms with Crippen molar-refractivity contribution in [3.8, 4) is 5.75 Å². The van der Waals surface area contributed by atoms with Gasteiger partial charge in [0.25, 0.3) is 15.9 Å². The number of amides is 1. The highest BCUT2D eigenvalue weighted by atomic mass is 79.9. The van der Waals surface area contributed by atoms with E-state index in [-0.39, 0.29) is 49.9 Å². The summed E-state index contributed by atoms with van der Waals surface area (Å²) in [4.78, 5) is 30.5. The quantitative estimate of drug-likeness (QED) is 0.191. The molecule has 1 atom stereocenters. The summed E-state index contributed by atoms with van der Waals surface area (Å²) in [5.74, 6) is -8.68. The van der Waals surface area contributed by atoms with Crippen LogP contribution in [0.2, 0.25) is 0 Å². The van der Waals surface area contributed by atoms with Crippen molar-refractivity contribution in [2.75, 3.05) is 19.6 Å². The predicted octanol–water partition coefficient (Wildman–Crippen LogP) is 6.29. The van der Waals surface area contributed by atoms with E-state index in [1.165, 1.54) is 24.3 Å². The molecule has 0 radical (unpaired) electrons. The van der Waals surface area contributed by atoms with E-state index in [2.05, 4.69) is 20.8 Å². The number of likely N-dealkylation sites (tertiary alicyclic amines) is 1. The predicted molar refractivity (Wildman–Crippen MR) is 168 cm³/mol. The summed E-state index contributed by atoms with van der Waals surface area (Å²) in [5.41, 5.74) is 4.80. The maximum Gasteiger partial charge on any atom is 0.492 e. The van der Waals surface area contributed by atoms with Gasteiger partial charge in [0, 0.05) is 23.1 Å². The number of hydrogen-bond donors (Lipinski definition) is 1. The number of nitrogens with two attached hydrogens (primary N) is 1. The highest BCUT2D eigenvalue weighted by Crippen LogP contribution is 2.40. The van der Waals surface area contributed by atoms with Gasteiger partial charge in [-0.25, -0.2) is 13.2 Å². The second kappa shape index (κ2) is 14.3. The van der Waals surface area contributed by atoms with Crippen molar-refractivity contribution in [1.82, 2.24) is 9.37 Å². The van der Waals surface area contributed by atoms with Gasteiger partial charge in [-0.05, 0) is 103 Å². The first-order chi connectivity index (χ1) is 22.6. The van der Waals surface area contributed by atoms with Gasteiger partial charge in [-0.1, -0.05) is 40.2 Å². The lowest BCUT2D eigenvalue weighted by Crippen LogP contribution is -2.60. The SMILES string of the molecule is NCC1CCN(C(=O)[C@H](N(OC(=O)C(F)(F)F)S(=O)(=O)c2ccc3cc(OC4CCCC4)ccc3c2)C(F)(F)c2ccc(Br)cc2)CC1. The molecule has 0 spiro atoms. The van der Waals surface area contributed by atoms with Crippen LogP contribution in [0.1, 0.15) is 44.1 Å². The summed E-state index contributed by atoms with van der Waals surface area (Å²) >= 11 is 3.11. The van der Waals surface area contributed by atoms with E-state index in [9.17, 15) is 31.2 Å². The second-order valence-electron chi connectivity index (χ2n) is 11.9. The van der Waals surface area contributed by atoms with Crippen molar-refractivity contribution >= 4 is 48.6 Å². The molecule has 48 heavy (non-hydrogen) atoms. The second-order valence-corrected chi connectivity index (χ2v) is 14.6. The van der Waals surface area contributed by atoms with Gasteiger partial charge in [-0.2, -0.15) is 22.0 Å². The lowest BCUT2D eigenvalue weighted by molar-refractivity contribution is -0.239. The number of piperidine rings is 1. The van der Waals surface area contributed by atoms with Gasteiger partial charge < -0.3 is 20.2 Å². The van der Waals surface area contributed by atoms with E-state index in [4.69, 9.17) is 10.5 Å². The van der Waals surface area contributed by atoms with Crippen molar-refractivity contribution in [2.45, 2.75) is 67.7 Å². The lowest BCUT2D eigenvalue weighted by Gasteiger charge is -2.39. The molecule has 1 aliphatic carbocycles. The molecule has 1 saturated carbocycles. The number of ether oxygens (including phenoxy) is 1. The molecular weight excluding hydrogens is 729 g/mol. The minimum atomic E-state index is -5.80. The molecule has 1 aliphatic heterocycles. The minimum absolute atomic E-state index is 0.0296. The largest absolute Gasteiger partial charge is 0.492 e. The summed E-state index contributed by atoms with van der Waals surface area (Å²) in [7, 11) is -5.57. The molecule has 0 aromatic heterocycles. The Morgan fingerprint density at radius 2 is 1.52 bits per heavy atom. The van der Waals surface area contributed by atoms with Gasteiger partial charge in [0.2, 0.25) is 6.04 Å². The van der Waals surface area contributed by atoms with Crippen molar-refractivity contribution in [1.29, 1.82) is 0 Å². The van der Waals surface area contributed by atoms with Crippen LogP contribution in [-0.2, 0) is 30.4 Å². The zero-order valence-electron chi connectivity index (χ0n) is 25.5. The van der Waals surface area contributed by atoms with Gasteiger partial charge in [-0.15, -0.1) is 0 Å². The molecule has 16 heteroatoms. The number of rotatable bonds is 10. The molecule has 0 bridgehead atoms. The zero-order chi connectivity index (χ0) is 34.9. The summed E-state index contributed by atoms with van der Waals surface area (Å²) in [5, 5.41) is 0.752. The summed E-state index contributed by atoms with van der Waals surface area (Å²) < 4.78 is 108. The minimum Gasteiger partial charge on any atom is -0.490 e. The maximum absolute atomic E-state index is 16.5. The van der Waals surface area contributed by atoms with Crippen LogP contribution < -0.4 is 10.5 Å². The Bertz CT molecular complexity index is 1750. The number of nitrogens with zero attached hydrogens (tertiary/aromatic N) is 2. The monoisotopic (exact) mass is 761 g/mol. The third-order valence-corrected chi connectivity index (χ3v) is 10.7. The fourth-order valence-corrected chi connectivity index (χ4v) is 7.54. The standard InChI is InChI=1S/C32H33BrF5N3O6S/c33-24-9-7-23(8-10-24)31(34,35)28(29(42)40-15-13-20(19-39)14-16-40)41(47-30(43)32(36,37)38)48(44,45)27-12-6-21-17-26(11-5-22(21)18-27)46-25-3-1-2-4-25/h5-12,17-18,20,25,28H,1-4,13-16,19,39H2/t28-/m0/s1. The molecule has 1 saturated heterocycles. The molecular formula is C32H33BrF5N3O6S. The number of carbonyl (C=O) groups is 2. The van der Waals surface area contributed by atoms with Crippen LogP contribution in [-0.4, -0.2) is 67.6 Å². The first-order valence-corrected chi connectivity index (χ1v) is 17.5. The molecule has 2 N–H and O–H groups in total. The Labute approximate surface area is 282 Å². The fourth-order valence-electron chi connectivity index (χ4n) is 5.88. The van der Waals surface area contributed by atoms with Crippen molar-refractivity contribution in [3.63, 3.8) is 0 Å². The third kappa shape index (κ3) is 7.76. The number of hydroxylamine groups is 1. The molecule has 3 aromatic rings. The number of sulfonamides is 1. The lowest BCUT2D eigenvalue weighted by atomic mass is 9.95. The number of benzene rings is 3. The van der Waals surface area contributed by atoms with Gasteiger partial charge in [0.1, 0.15) is 5.75 Å². The number of halogens is 6. The number of fused-ring (bicyclic) bond motifs is 1. The Balaban J connectivity index is 1.60. The Hall–Kier alpha value is -3.34. The van der Waals surface area contributed by atoms with E-state index in [1.807, 2.05) is 0 Å². The average Bonchev–Trinajstić information content (AvgIpc) is 3.56. The first-order valence-electron chi connectivity index (χ1n) is 15.3. The van der Waals surface area contributed by atoms with Crippen molar-refractivity contribution in [3.05, 3.63) is 70.7 Å². The van der Waals surface area contributed by atoms with Crippen LogP contribution in [0.5, 0.6) is 5.75 Å². The molecule has 260 valence electrons. The molecule has 5 rings (SSSR count). The van der Waals surface area contributed by atoms with Gasteiger partial charge in [0.15, 0.2) is 0 Å². The molecule has 2 aliphatic rings. The van der Waals surface area contributed by atoms with Crippen LogP contribution in [0, 0.1) is 5.92 Å². The van der Waals surface area contributed by atoms with Crippen LogP contribution >= 0.6 is 15.9 Å². The molecule has 0 unspecified atom stereocenters. The number of hydrogen-bond acceptors (Lipinski definition) is 7. The zero-order valence-corrected chi connectivity index (χ0v) is 27.9. The van der Waals surface area contributed by atoms with Gasteiger partial charge in [0.05, 0.1) is 11.0 Å². The van der Waals surface area contributed by atoms with E-state index >= 15 is 8.78 Å². The molecule has 3 aromatic carbocycles. The van der Waals surface area contributed by atoms with Crippen LogP contribution in [0.3, 0.4) is 0 Å².